The molecule has 5 heteroatoms. The van der Waals surface area contributed by atoms with Crippen molar-refractivity contribution in [1.29, 1.82) is 0 Å². The first-order chi connectivity index (χ1) is 14.5. The second kappa shape index (κ2) is 8.47. The minimum Gasteiger partial charge on any atom is -0.267 e. The van der Waals surface area contributed by atoms with Crippen LogP contribution in [0.15, 0.2) is 84.0 Å². The predicted octanol–water partition coefficient (Wildman–Crippen LogP) is 6.02. The molecule has 0 saturated carbocycles. The van der Waals surface area contributed by atoms with Crippen LogP contribution in [0.25, 0.3) is 22.2 Å². The smallest absolute Gasteiger partial charge is 0.267 e. The molecular formula is C25H20ClN3O. The molecule has 0 bridgehead atoms. The molecule has 4 rings (SSSR count). The maximum atomic E-state index is 13.0. The number of rotatable bonds is 4. The number of halogens is 1. The highest BCUT2D eigenvalue weighted by Crippen LogP contribution is 2.25. The second-order valence-corrected chi connectivity index (χ2v) is 7.46. The molecule has 0 radical (unpaired) electrons. The molecule has 0 spiro atoms. The molecule has 0 aliphatic rings. The van der Waals surface area contributed by atoms with Gasteiger partial charge in [0.1, 0.15) is 0 Å². The third kappa shape index (κ3) is 4.09. The van der Waals surface area contributed by atoms with Crippen molar-refractivity contribution in [1.82, 2.24) is 10.4 Å². The van der Waals surface area contributed by atoms with E-state index in [0.717, 1.165) is 27.7 Å². The fourth-order valence-electron chi connectivity index (χ4n) is 3.25. The second-order valence-electron chi connectivity index (χ2n) is 7.06. The molecular weight excluding hydrogens is 394 g/mol. The summed E-state index contributed by atoms with van der Waals surface area (Å²) in [7, 11) is 0. The molecule has 0 unspecified atom stereocenters. The first-order valence-electron chi connectivity index (χ1n) is 9.59. The van der Waals surface area contributed by atoms with Gasteiger partial charge in [-0.05, 0) is 32.0 Å². The molecule has 1 amide bonds. The maximum absolute atomic E-state index is 13.0. The summed E-state index contributed by atoms with van der Waals surface area (Å²) < 4.78 is 0. The SMILES string of the molecule is C/C(=N/NC(=O)c1cc(-c2ccc(C)cc2)nc2ccccc12)c1ccccc1Cl. The molecule has 0 aliphatic heterocycles. The normalized spacial score (nSPS) is 11.5. The Balaban J connectivity index is 1.72. The van der Waals surface area contributed by atoms with Crippen molar-refractivity contribution >= 4 is 34.1 Å². The van der Waals surface area contributed by atoms with E-state index in [2.05, 4.69) is 10.5 Å². The Bertz CT molecular complexity index is 1260. The zero-order chi connectivity index (χ0) is 21.1. The summed E-state index contributed by atoms with van der Waals surface area (Å²) >= 11 is 6.23. The van der Waals surface area contributed by atoms with Gasteiger partial charge >= 0.3 is 0 Å². The molecule has 0 atom stereocenters. The number of nitrogens with one attached hydrogen (secondary N) is 1. The van der Waals surface area contributed by atoms with Crippen LogP contribution in [0.1, 0.15) is 28.4 Å². The standard InChI is InChI=1S/C25H20ClN3O/c1-16-11-13-18(14-12-16)24-15-21(20-8-4-6-10-23(20)27-24)25(30)29-28-17(2)19-7-3-5-9-22(19)26/h3-15H,1-2H3,(H,29,30)/b28-17-. The number of fused-ring (bicyclic) bond motifs is 1. The van der Waals surface area contributed by atoms with Crippen molar-refractivity contribution in [2.45, 2.75) is 13.8 Å². The van der Waals surface area contributed by atoms with Crippen LogP contribution in [0, 0.1) is 6.92 Å². The molecule has 1 N–H and O–H groups in total. The predicted molar refractivity (Wildman–Crippen MR) is 123 cm³/mol. The quantitative estimate of drug-likeness (QED) is 0.328. The number of pyridine rings is 1. The van der Waals surface area contributed by atoms with Gasteiger partial charge in [0.15, 0.2) is 0 Å². The van der Waals surface area contributed by atoms with E-state index in [-0.39, 0.29) is 5.91 Å². The van der Waals surface area contributed by atoms with Crippen LogP contribution in [0.3, 0.4) is 0 Å². The highest BCUT2D eigenvalue weighted by Gasteiger charge is 2.14. The number of carbonyl (C=O) groups is 1. The summed E-state index contributed by atoms with van der Waals surface area (Å²) in [6, 6.07) is 24.9. The molecule has 4 aromatic rings. The van der Waals surface area contributed by atoms with E-state index in [0.29, 0.717) is 16.3 Å². The van der Waals surface area contributed by atoms with Crippen LogP contribution in [-0.4, -0.2) is 16.6 Å². The van der Waals surface area contributed by atoms with E-state index in [9.17, 15) is 4.79 Å². The van der Waals surface area contributed by atoms with E-state index in [1.807, 2.05) is 86.6 Å². The third-order valence-corrected chi connectivity index (χ3v) is 5.23. The average Bonchev–Trinajstić information content (AvgIpc) is 2.77. The van der Waals surface area contributed by atoms with Crippen LogP contribution in [-0.2, 0) is 0 Å². The van der Waals surface area contributed by atoms with Gasteiger partial charge in [0, 0.05) is 21.5 Å². The van der Waals surface area contributed by atoms with Crippen LogP contribution in [0.4, 0.5) is 0 Å². The van der Waals surface area contributed by atoms with Gasteiger partial charge in [-0.15, -0.1) is 0 Å². The minimum absolute atomic E-state index is 0.298. The summed E-state index contributed by atoms with van der Waals surface area (Å²) in [6.07, 6.45) is 0. The van der Waals surface area contributed by atoms with Gasteiger partial charge < -0.3 is 0 Å². The van der Waals surface area contributed by atoms with Gasteiger partial charge in [-0.3, -0.25) is 4.79 Å². The van der Waals surface area contributed by atoms with E-state index >= 15 is 0 Å². The molecule has 0 fully saturated rings. The van der Waals surface area contributed by atoms with Crippen LogP contribution in [0.5, 0.6) is 0 Å². The number of hydrogen-bond donors (Lipinski definition) is 1. The number of benzene rings is 3. The molecule has 148 valence electrons. The van der Waals surface area contributed by atoms with Crippen molar-refractivity contribution in [2.75, 3.05) is 0 Å². The number of aromatic nitrogens is 1. The van der Waals surface area contributed by atoms with Crippen LogP contribution in [0.2, 0.25) is 5.02 Å². The van der Waals surface area contributed by atoms with Crippen molar-refractivity contribution in [3.8, 4) is 11.3 Å². The Labute approximate surface area is 180 Å². The fraction of sp³-hybridized carbons (Fsp3) is 0.0800. The summed E-state index contributed by atoms with van der Waals surface area (Å²) in [6.45, 7) is 3.85. The van der Waals surface area contributed by atoms with Gasteiger partial charge in [0.25, 0.3) is 5.91 Å². The van der Waals surface area contributed by atoms with Crippen LogP contribution < -0.4 is 5.43 Å². The third-order valence-electron chi connectivity index (χ3n) is 4.90. The van der Waals surface area contributed by atoms with Gasteiger partial charge in [0.05, 0.1) is 22.5 Å². The van der Waals surface area contributed by atoms with Gasteiger partial charge in [-0.1, -0.05) is 77.8 Å². The lowest BCUT2D eigenvalue weighted by Crippen LogP contribution is -2.20. The molecule has 3 aromatic carbocycles. The first kappa shape index (κ1) is 19.8. The van der Waals surface area contributed by atoms with Crippen LogP contribution >= 0.6 is 11.6 Å². The Morgan fingerprint density at radius 1 is 0.933 bits per heavy atom. The van der Waals surface area contributed by atoms with Crippen molar-refractivity contribution < 1.29 is 4.79 Å². The summed E-state index contributed by atoms with van der Waals surface area (Å²) in [5, 5.41) is 5.63. The van der Waals surface area contributed by atoms with Gasteiger partial charge in [-0.2, -0.15) is 5.10 Å². The van der Waals surface area contributed by atoms with E-state index in [1.54, 1.807) is 6.07 Å². The maximum Gasteiger partial charge on any atom is 0.272 e. The zero-order valence-electron chi connectivity index (χ0n) is 16.7. The average molecular weight is 414 g/mol. The number of amides is 1. The number of nitrogens with zero attached hydrogens (tertiary/aromatic N) is 2. The monoisotopic (exact) mass is 413 g/mol. The summed E-state index contributed by atoms with van der Waals surface area (Å²) in [4.78, 5) is 17.8. The number of hydrazone groups is 1. The number of aryl methyl sites for hydroxylation is 1. The minimum atomic E-state index is -0.298. The Kier molecular flexibility index (Phi) is 5.59. The highest BCUT2D eigenvalue weighted by molar-refractivity contribution is 6.34. The summed E-state index contributed by atoms with van der Waals surface area (Å²) in [5.41, 5.74) is 8.22. The number of para-hydroxylation sites is 1. The van der Waals surface area contributed by atoms with E-state index in [4.69, 9.17) is 16.6 Å². The van der Waals surface area contributed by atoms with E-state index < -0.39 is 0 Å². The lowest BCUT2D eigenvalue weighted by atomic mass is 10.0. The molecule has 4 nitrogen and oxygen atoms in total. The van der Waals surface area contributed by atoms with Gasteiger partial charge in [0.2, 0.25) is 0 Å². The fourth-order valence-corrected chi connectivity index (χ4v) is 3.52. The lowest BCUT2D eigenvalue weighted by Gasteiger charge is -2.10. The molecule has 0 aliphatic carbocycles. The zero-order valence-corrected chi connectivity index (χ0v) is 17.4. The lowest BCUT2D eigenvalue weighted by molar-refractivity contribution is 0.0956. The first-order valence-corrected chi connectivity index (χ1v) is 9.97. The topological polar surface area (TPSA) is 54.4 Å². The van der Waals surface area contributed by atoms with Crippen molar-refractivity contribution in [3.63, 3.8) is 0 Å². The molecule has 1 aromatic heterocycles. The molecule has 0 saturated heterocycles. The Morgan fingerprint density at radius 2 is 1.63 bits per heavy atom. The highest BCUT2D eigenvalue weighted by atomic mass is 35.5. The van der Waals surface area contributed by atoms with E-state index in [1.165, 1.54) is 5.56 Å². The van der Waals surface area contributed by atoms with Gasteiger partial charge in [-0.25, -0.2) is 10.4 Å². The van der Waals surface area contributed by atoms with Crippen molar-refractivity contribution in [3.05, 3.63) is 101 Å². The molecule has 1 heterocycles. The molecule has 30 heavy (non-hydrogen) atoms. The Morgan fingerprint density at radius 3 is 2.40 bits per heavy atom. The Hall–Kier alpha value is -3.50. The summed E-state index contributed by atoms with van der Waals surface area (Å²) in [5.74, 6) is -0.298. The van der Waals surface area contributed by atoms with Crippen molar-refractivity contribution in [2.24, 2.45) is 5.10 Å². The number of carbonyl (C=O) groups excluding carboxylic acids is 1. The number of hydrogen-bond acceptors (Lipinski definition) is 3. The largest absolute Gasteiger partial charge is 0.272 e.